The Bertz CT molecular complexity index is 2490. The lowest BCUT2D eigenvalue weighted by Gasteiger charge is -2.61. The lowest BCUT2D eigenvalue weighted by molar-refractivity contribution is -0.0399. The van der Waals surface area contributed by atoms with Crippen LogP contribution in [0.1, 0.15) is 43.2 Å². The SMILES string of the molecule is C[Si](C)(C)c1ccc2c(c1)C1(c3cc(N(c4ccc5ccccc5c4)c4cccc5oc6ccccc6c45)ccc3-2)C2CC3CC(C2)CC1C3. The number of benzene rings is 6. The zero-order valence-electron chi connectivity index (χ0n) is 29.2. The third-order valence-electron chi connectivity index (χ3n) is 13.4. The molecular formula is C47H43NOSi. The van der Waals surface area contributed by atoms with E-state index in [1.165, 1.54) is 76.5 Å². The van der Waals surface area contributed by atoms with Crippen molar-refractivity contribution in [1.29, 1.82) is 0 Å². The van der Waals surface area contributed by atoms with E-state index in [9.17, 15) is 0 Å². The maximum atomic E-state index is 6.47. The van der Waals surface area contributed by atoms with Gasteiger partial charge >= 0.3 is 0 Å². The summed E-state index contributed by atoms with van der Waals surface area (Å²) in [6.07, 6.45) is 7.03. The Labute approximate surface area is 295 Å². The maximum absolute atomic E-state index is 6.47. The van der Waals surface area contributed by atoms with Crippen molar-refractivity contribution >= 4 is 63.0 Å². The monoisotopic (exact) mass is 665 g/mol. The summed E-state index contributed by atoms with van der Waals surface area (Å²) in [6, 6.07) is 46.0. The highest BCUT2D eigenvalue weighted by atomic mass is 28.3. The Morgan fingerprint density at radius 2 is 1.22 bits per heavy atom. The van der Waals surface area contributed by atoms with Crippen LogP contribution < -0.4 is 10.1 Å². The molecule has 5 aliphatic carbocycles. The highest BCUT2D eigenvalue weighted by Crippen LogP contribution is 2.69. The molecule has 246 valence electrons. The van der Waals surface area contributed by atoms with Gasteiger partial charge in [-0.25, -0.2) is 0 Å². The molecule has 4 bridgehead atoms. The zero-order valence-corrected chi connectivity index (χ0v) is 30.2. The first kappa shape index (κ1) is 29.2. The van der Waals surface area contributed by atoms with Crippen LogP contribution in [-0.2, 0) is 5.41 Å². The number of hydrogen-bond acceptors (Lipinski definition) is 2. The molecule has 0 radical (unpaired) electrons. The lowest BCUT2D eigenvalue weighted by atomic mass is 9.43. The number of para-hydroxylation sites is 1. The van der Waals surface area contributed by atoms with E-state index < -0.39 is 8.07 Å². The van der Waals surface area contributed by atoms with Crippen molar-refractivity contribution in [2.45, 2.75) is 57.2 Å². The van der Waals surface area contributed by atoms with Gasteiger partial charge in [0.2, 0.25) is 0 Å². The van der Waals surface area contributed by atoms with Gasteiger partial charge in [0.15, 0.2) is 0 Å². The van der Waals surface area contributed by atoms with Gasteiger partial charge in [-0.3, -0.25) is 0 Å². The Hall–Kier alpha value is -4.60. The molecule has 0 saturated heterocycles. The largest absolute Gasteiger partial charge is 0.456 e. The van der Waals surface area contributed by atoms with Gasteiger partial charge in [0, 0.05) is 22.2 Å². The Morgan fingerprint density at radius 1 is 0.580 bits per heavy atom. The summed E-state index contributed by atoms with van der Waals surface area (Å²) >= 11 is 0. The molecule has 4 fully saturated rings. The summed E-state index contributed by atoms with van der Waals surface area (Å²) in [5.41, 5.74) is 11.8. The smallest absolute Gasteiger partial charge is 0.137 e. The van der Waals surface area contributed by atoms with E-state index in [0.717, 1.165) is 40.2 Å². The van der Waals surface area contributed by atoms with Gasteiger partial charge < -0.3 is 9.32 Å². The summed E-state index contributed by atoms with van der Waals surface area (Å²) in [6.45, 7) is 7.54. The normalized spacial score (nSPS) is 24.8. The maximum Gasteiger partial charge on any atom is 0.137 e. The van der Waals surface area contributed by atoms with Crippen LogP contribution in [0.15, 0.2) is 126 Å². The minimum atomic E-state index is -1.50. The third kappa shape index (κ3) is 3.96. The minimum Gasteiger partial charge on any atom is -0.456 e. The quantitative estimate of drug-likeness (QED) is 0.174. The average Bonchev–Trinajstić information content (AvgIpc) is 3.64. The molecule has 2 nitrogen and oxygen atoms in total. The summed E-state index contributed by atoms with van der Waals surface area (Å²) in [5, 5.41) is 6.45. The van der Waals surface area contributed by atoms with Gasteiger partial charge in [-0.15, -0.1) is 0 Å². The lowest BCUT2D eigenvalue weighted by Crippen LogP contribution is -2.55. The molecule has 7 aromatic rings. The molecule has 0 unspecified atom stereocenters. The fraction of sp³-hybridized carbons (Fsp3) is 0.277. The molecule has 0 amide bonds. The molecular weight excluding hydrogens is 623 g/mol. The van der Waals surface area contributed by atoms with E-state index in [0.29, 0.717) is 0 Å². The Balaban J connectivity index is 1.18. The van der Waals surface area contributed by atoms with E-state index in [4.69, 9.17) is 4.42 Å². The molecule has 0 N–H and O–H groups in total. The van der Waals surface area contributed by atoms with E-state index in [1.54, 1.807) is 16.3 Å². The molecule has 1 aromatic heterocycles. The average molecular weight is 666 g/mol. The van der Waals surface area contributed by atoms with Gasteiger partial charge in [-0.05, 0) is 131 Å². The van der Waals surface area contributed by atoms with Crippen LogP contribution in [0.5, 0.6) is 0 Å². The summed E-state index contributed by atoms with van der Waals surface area (Å²) in [5.74, 6) is 3.28. The van der Waals surface area contributed by atoms with Crippen LogP contribution in [0.25, 0.3) is 43.8 Å². The van der Waals surface area contributed by atoms with Crippen molar-refractivity contribution in [2.24, 2.45) is 23.7 Å². The fourth-order valence-corrected chi connectivity index (χ4v) is 12.6. The van der Waals surface area contributed by atoms with E-state index in [-0.39, 0.29) is 5.41 Å². The first-order valence-electron chi connectivity index (χ1n) is 18.9. The molecule has 4 saturated carbocycles. The predicted molar refractivity (Wildman–Crippen MR) is 212 cm³/mol. The Morgan fingerprint density at radius 3 is 2.00 bits per heavy atom. The molecule has 1 spiro atoms. The standard InChI is InChI=1S/C47H43NOSi/c1-50(2,3)37-18-20-39-38-19-17-36(27-41(38)47(42(39)28-37)33-22-29-21-30(24-33)25-34(47)23-29)48(35-16-15-31-9-4-5-10-32(31)26-35)43-12-8-14-45-46(43)40-11-6-7-13-44(40)49-45/h4-20,26-30,33-34H,21-25H2,1-3H3. The predicted octanol–water partition coefficient (Wildman–Crippen LogP) is 12.5. The first-order chi connectivity index (χ1) is 24.4. The minimum absolute atomic E-state index is 0.104. The topological polar surface area (TPSA) is 16.4 Å². The summed E-state index contributed by atoms with van der Waals surface area (Å²) < 4.78 is 6.47. The summed E-state index contributed by atoms with van der Waals surface area (Å²) in [4.78, 5) is 2.53. The second kappa shape index (κ2) is 10.2. The molecule has 0 aliphatic heterocycles. The third-order valence-corrected chi connectivity index (χ3v) is 15.4. The number of furan rings is 1. The van der Waals surface area contributed by atoms with Crippen molar-refractivity contribution in [1.82, 2.24) is 0 Å². The number of anilines is 3. The first-order valence-corrected chi connectivity index (χ1v) is 22.4. The molecule has 5 aliphatic rings. The number of hydrogen-bond donors (Lipinski definition) is 0. The highest BCUT2D eigenvalue weighted by Gasteiger charge is 2.61. The number of fused-ring (bicyclic) bond motifs is 7. The second-order valence-corrected chi connectivity index (χ2v) is 22.1. The summed E-state index contributed by atoms with van der Waals surface area (Å²) in [7, 11) is -1.50. The molecule has 6 aromatic carbocycles. The van der Waals surface area contributed by atoms with Crippen LogP contribution in [0, 0.1) is 23.7 Å². The highest BCUT2D eigenvalue weighted by molar-refractivity contribution is 6.88. The van der Waals surface area contributed by atoms with Gasteiger partial charge in [0.25, 0.3) is 0 Å². The van der Waals surface area contributed by atoms with Crippen molar-refractivity contribution in [2.75, 3.05) is 4.90 Å². The van der Waals surface area contributed by atoms with Gasteiger partial charge in [0.05, 0.1) is 19.1 Å². The van der Waals surface area contributed by atoms with Crippen molar-refractivity contribution in [3.05, 3.63) is 132 Å². The van der Waals surface area contributed by atoms with Gasteiger partial charge in [-0.2, -0.15) is 0 Å². The van der Waals surface area contributed by atoms with Crippen molar-refractivity contribution in [3.63, 3.8) is 0 Å². The van der Waals surface area contributed by atoms with Crippen LogP contribution >= 0.6 is 0 Å². The van der Waals surface area contributed by atoms with E-state index in [1.807, 2.05) is 0 Å². The van der Waals surface area contributed by atoms with Crippen molar-refractivity contribution < 1.29 is 4.42 Å². The number of rotatable bonds is 4. The van der Waals surface area contributed by atoms with Crippen molar-refractivity contribution in [3.8, 4) is 11.1 Å². The van der Waals surface area contributed by atoms with Gasteiger partial charge in [0.1, 0.15) is 11.2 Å². The molecule has 12 rings (SSSR count). The van der Waals surface area contributed by atoms with Crippen LogP contribution in [-0.4, -0.2) is 8.07 Å². The molecule has 1 heterocycles. The van der Waals surface area contributed by atoms with E-state index >= 15 is 0 Å². The van der Waals surface area contributed by atoms with Crippen LogP contribution in [0.4, 0.5) is 17.1 Å². The number of nitrogens with zero attached hydrogens (tertiary/aromatic N) is 1. The fourth-order valence-electron chi connectivity index (χ4n) is 11.5. The molecule has 50 heavy (non-hydrogen) atoms. The second-order valence-electron chi connectivity index (χ2n) is 17.0. The van der Waals surface area contributed by atoms with Crippen LogP contribution in [0.2, 0.25) is 19.6 Å². The zero-order chi connectivity index (χ0) is 33.4. The Kier molecular flexibility index (Phi) is 5.97. The molecule has 3 heteroatoms. The van der Waals surface area contributed by atoms with E-state index in [2.05, 4.69) is 146 Å². The molecule has 0 atom stereocenters. The van der Waals surface area contributed by atoms with Crippen LogP contribution in [0.3, 0.4) is 0 Å². The van der Waals surface area contributed by atoms with Gasteiger partial charge in [-0.1, -0.05) is 104 Å².